The van der Waals surface area contributed by atoms with Crippen molar-refractivity contribution in [3.63, 3.8) is 0 Å². The van der Waals surface area contributed by atoms with E-state index in [4.69, 9.17) is 0 Å². The van der Waals surface area contributed by atoms with Crippen LogP contribution in [0.25, 0.3) is 0 Å². The molecule has 0 aromatic carbocycles. The summed E-state index contributed by atoms with van der Waals surface area (Å²) in [6.45, 7) is 4.18. The lowest BCUT2D eigenvalue weighted by molar-refractivity contribution is 0.780. The van der Waals surface area contributed by atoms with Crippen molar-refractivity contribution in [3.05, 3.63) is 5.82 Å². The average Bonchev–Trinajstić information content (AvgIpc) is 2.75. The topological polar surface area (TPSA) is 41.1 Å². The van der Waals surface area contributed by atoms with Crippen molar-refractivity contribution < 1.29 is 0 Å². The van der Waals surface area contributed by atoms with E-state index in [1.54, 1.807) is 0 Å². The van der Waals surface area contributed by atoms with E-state index in [2.05, 4.69) is 26.7 Å². The van der Waals surface area contributed by atoms with Gasteiger partial charge in [0.05, 0.1) is 0 Å². The number of anilines is 1. The van der Waals surface area contributed by atoms with Crippen LogP contribution >= 0.6 is 11.5 Å². The lowest BCUT2D eigenvalue weighted by Gasteiger charge is -2.11. The monoisotopic (exact) mass is 184 g/mol. The Kier molecular flexibility index (Phi) is 2.23. The number of nitrogens with zero attached hydrogens (tertiary/aromatic N) is 3. The van der Waals surface area contributed by atoms with Gasteiger partial charge in [-0.1, -0.05) is 6.92 Å². The first-order valence-corrected chi connectivity index (χ1v) is 5.01. The number of rotatable bonds is 2. The minimum atomic E-state index is 0.921. The summed E-state index contributed by atoms with van der Waals surface area (Å²) in [5, 5.41) is 3.08. The summed E-state index contributed by atoms with van der Waals surface area (Å²) >= 11 is 1.47. The molecule has 2 heterocycles. The molecular formula is C7H12N4S. The van der Waals surface area contributed by atoms with E-state index in [-0.39, 0.29) is 0 Å². The summed E-state index contributed by atoms with van der Waals surface area (Å²) in [7, 11) is 0. The fraction of sp³-hybridized carbons (Fsp3) is 0.714. The van der Waals surface area contributed by atoms with Gasteiger partial charge >= 0.3 is 0 Å². The molecule has 1 fully saturated rings. The highest BCUT2D eigenvalue weighted by molar-refractivity contribution is 7.09. The van der Waals surface area contributed by atoms with Crippen LogP contribution in [0, 0.1) is 0 Å². The molecule has 1 N–H and O–H groups in total. The molecule has 4 nitrogen and oxygen atoms in total. The Bertz CT molecular complexity index is 254. The minimum Gasteiger partial charge on any atom is -0.282 e. The van der Waals surface area contributed by atoms with Crippen molar-refractivity contribution in [2.75, 3.05) is 18.1 Å². The largest absolute Gasteiger partial charge is 0.282 e. The number of hydrazine groups is 1. The summed E-state index contributed by atoms with van der Waals surface area (Å²) in [6.07, 6.45) is 2.12. The van der Waals surface area contributed by atoms with E-state index in [1.807, 2.05) is 0 Å². The lowest BCUT2D eigenvalue weighted by Crippen LogP contribution is -2.30. The van der Waals surface area contributed by atoms with Crippen LogP contribution in [0.1, 0.15) is 19.2 Å². The molecule has 66 valence electrons. The molecule has 1 aliphatic heterocycles. The summed E-state index contributed by atoms with van der Waals surface area (Å²) in [5.41, 5.74) is 3.25. The SMILES string of the molecule is CCc1nsc(N2CCCN2)n1. The highest BCUT2D eigenvalue weighted by Gasteiger charge is 2.15. The van der Waals surface area contributed by atoms with Crippen molar-refractivity contribution >= 4 is 16.7 Å². The fourth-order valence-electron chi connectivity index (χ4n) is 1.19. The first-order chi connectivity index (χ1) is 5.90. The lowest BCUT2D eigenvalue weighted by atomic mass is 10.5. The summed E-state index contributed by atoms with van der Waals surface area (Å²) in [6, 6.07) is 0. The molecule has 0 atom stereocenters. The average molecular weight is 184 g/mol. The molecule has 12 heavy (non-hydrogen) atoms. The Balaban J connectivity index is 2.11. The van der Waals surface area contributed by atoms with Crippen molar-refractivity contribution in [1.29, 1.82) is 0 Å². The van der Waals surface area contributed by atoms with Crippen LogP contribution in [-0.2, 0) is 6.42 Å². The summed E-state index contributed by atoms with van der Waals surface area (Å²) < 4.78 is 4.23. The van der Waals surface area contributed by atoms with Crippen molar-refractivity contribution in [2.45, 2.75) is 19.8 Å². The molecule has 1 aromatic heterocycles. The van der Waals surface area contributed by atoms with Crippen LogP contribution in [0.5, 0.6) is 0 Å². The van der Waals surface area contributed by atoms with Gasteiger partial charge in [-0.25, -0.2) is 10.4 Å². The van der Waals surface area contributed by atoms with Crippen LogP contribution in [0.2, 0.25) is 0 Å². The number of hydrogen-bond acceptors (Lipinski definition) is 5. The van der Waals surface area contributed by atoms with Gasteiger partial charge in [-0.15, -0.1) is 0 Å². The van der Waals surface area contributed by atoms with Gasteiger partial charge in [0, 0.05) is 31.0 Å². The Labute approximate surface area is 75.8 Å². The first-order valence-electron chi connectivity index (χ1n) is 4.24. The van der Waals surface area contributed by atoms with Gasteiger partial charge in [0.25, 0.3) is 0 Å². The van der Waals surface area contributed by atoms with Gasteiger partial charge < -0.3 is 0 Å². The number of aryl methyl sites for hydroxylation is 1. The van der Waals surface area contributed by atoms with E-state index < -0.39 is 0 Å². The van der Waals surface area contributed by atoms with Gasteiger partial charge in [-0.05, 0) is 6.42 Å². The second kappa shape index (κ2) is 3.37. The third-order valence-corrected chi connectivity index (χ3v) is 2.64. The maximum atomic E-state index is 4.38. The highest BCUT2D eigenvalue weighted by Crippen LogP contribution is 2.17. The second-order valence-electron chi connectivity index (χ2n) is 2.76. The predicted octanol–water partition coefficient (Wildman–Crippen LogP) is 0.815. The molecule has 0 bridgehead atoms. The number of aromatic nitrogens is 2. The molecule has 0 spiro atoms. The van der Waals surface area contributed by atoms with E-state index >= 15 is 0 Å². The molecule has 0 radical (unpaired) electrons. The van der Waals surface area contributed by atoms with Gasteiger partial charge in [0.15, 0.2) is 0 Å². The Morgan fingerprint density at radius 3 is 3.17 bits per heavy atom. The normalized spacial score (nSPS) is 17.2. The molecule has 1 saturated heterocycles. The molecule has 0 unspecified atom stereocenters. The zero-order valence-electron chi connectivity index (χ0n) is 7.08. The standard InChI is InChI=1S/C7H12N4S/c1-2-6-9-7(12-10-6)11-5-3-4-8-11/h8H,2-5H2,1H3. The maximum absolute atomic E-state index is 4.38. The Hall–Kier alpha value is -0.680. The Morgan fingerprint density at radius 1 is 1.67 bits per heavy atom. The zero-order valence-corrected chi connectivity index (χ0v) is 7.89. The van der Waals surface area contributed by atoms with Crippen LogP contribution in [-0.4, -0.2) is 22.4 Å². The van der Waals surface area contributed by atoms with E-state index in [0.717, 1.165) is 30.5 Å². The van der Waals surface area contributed by atoms with Crippen LogP contribution in [0.3, 0.4) is 0 Å². The fourth-order valence-corrected chi connectivity index (χ4v) is 1.95. The molecule has 1 aromatic rings. The number of hydrogen-bond donors (Lipinski definition) is 1. The quantitative estimate of drug-likeness (QED) is 0.738. The molecule has 0 aliphatic carbocycles. The van der Waals surface area contributed by atoms with Gasteiger partial charge in [-0.3, -0.25) is 5.01 Å². The van der Waals surface area contributed by atoms with Crippen LogP contribution < -0.4 is 10.4 Å². The minimum absolute atomic E-state index is 0.921. The van der Waals surface area contributed by atoms with Crippen molar-refractivity contribution in [2.24, 2.45) is 0 Å². The molecule has 1 aliphatic rings. The third kappa shape index (κ3) is 1.42. The van der Waals surface area contributed by atoms with Crippen molar-refractivity contribution in [1.82, 2.24) is 14.8 Å². The van der Waals surface area contributed by atoms with E-state index in [1.165, 1.54) is 18.0 Å². The maximum Gasteiger partial charge on any atom is 0.219 e. The third-order valence-electron chi connectivity index (χ3n) is 1.87. The number of nitrogens with one attached hydrogen (secondary N) is 1. The van der Waals surface area contributed by atoms with E-state index in [0.29, 0.717) is 0 Å². The van der Waals surface area contributed by atoms with Crippen molar-refractivity contribution in [3.8, 4) is 0 Å². The Morgan fingerprint density at radius 2 is 2.58 bits per heavy atom. The van der Waals surface area contributed by atoms with E-state index in [9.17, 15) is 0 Å². The molecular weight excluding hydrogens is 172 g/mol. The highest BCUT2D eigenvalue weighted by atomic mass is 32.1. The molecule has 0 amide bonds. The molecule has 2 rings (SSSR count). The summed E-state index contributed by atoms with van der Waals surface area (Å²) in [5.74, 6) is 0.948. The molecule has 5 heteroatoms. The van der Waals surface area contributed by atoms with Crippen LogP contribution in [0.4, 0.5) is 5.13 Å². The van der Waals surface area contributed by atoms with Gasteiger partial charge in [0.2, 0.25) is 5.13 Å². The summed E-state index contributed by atoms with van der Waals surface area (Å²) in [4.78, 5) is 4.38. The van der Waals surface area contributed by atoms with Gasteiger partial charge in [-0.2, -0.15) is 4.37 Å². The van der Waals surface area contributed by atoms with Crippen LogP contribution in [0.15, 0.2) is 0 Å². The smallest absolute Gasteiger partial charge is 0.219 e. The first kappa shape index (κ1) is 7.94. The zero-order chi connectivity index (χ0) is 8.39. The molecule has 0 saturated carbocycles. The van der Waals surface area contributed by atoms with Gasteiger partial charge in [0.1, 0.15) is 5.82 Å². The predicted molar refractivity (Wildman–Crippen MR) is 49.3 cm³/mol. The second-order valence-corrected chi connectivity index (χ2v) is 3.49.